The van der Waals surface area contributed by atoms with Crippen LogP contribution in [-0.4, -0.2) is 23.7 Å². The van der Waals surface area contributed by atoms with Gasteiger partial charge in [-0.05, 0) is 11.1 Å². The molecular formula is C18H18NO3S-. The molecular weight excluding hydrogens is 310 g/mol. The first-order valence-corrected chi connectivity index (χ1v) is 8.32. The molecule has 1 unspecified atom stereocenters. The molecule has 0 aromatic heterocycles. The zero-order chi connectivity index (χ0) is 16.7. The average Bonchev–Trinajstić information content (AvgIpc) is 2.55. The highest BCUT2D eigenvalue weighted by Crippen LogP contribution is 2.35. The SMILES string of the molecule is CC(=O)NC(CSC(c1ccccc1)c1ccccc1)C(=O)[O-]. The molecule has 120 valence electrons. The lowest BCUT2D eigenvalue weighted by molar-refractivity contribution is -0.307. The van der Waals surface area contributed by atoms with Crippen molar-refractivity contribution < 1.29 is 14.7 Å². The van der Waals surface area contributed by atoms with Crippen molar-refractivity contribution in [3.05, 3.63) is 71.8 Å². The van der Waals surface area contributed by atoms with E-state index in [1.165, 1.54) is 18.7 Å². The summed E-state index contributed by atoms with van der Waals surface area (Å²) in [6.45, 7) is 1.30. The minimum Gasteiger partial charge on any atom is -0.548 e. The van der Waals surface area contributed by atoms with E-state index in [9.17, 15) is 14.7 Å². The van der Waals surface area contributed by atoms with Gasteiger partial charge in [0.05, 0.1) is 17.3 Å². The van der Waals surface area contributed by atoms with Gasteiger partial charge in [-0.1, -0.05) is 60.7 Å². The second-order valence-electron chi connectivity index (χ2n) is 5.11. The minimum absolute atomic E-state index is 0.00647. The quantitative estimate of drug-likeness (QED) is 0.841. The summed E-state index contributed by atoms with van der Waals surface area (Å²) < 4.78 is 0. The predicted molar refractivity (Wildman–Crippen MR) is 89.8 cm³/mol. The lowest BCUT2D eigenvalue weighted by Crippen LogP contribution is -2.48. The predicted octanol–water partition coefficient (Wildman–Crippen LogP) is 1.76. The summed E-state index contributed by atoms with van der Waals surface area (Å²) in [6.07, 6.45) is 0. The fraction of sp³-hybridized carbons (Fsp3) is 0.222. The van der Waals surface area contributed by atoms with Gasteiger partial charge in [0.2, 0.25) is 5.91 Å². The van der Waals surface area contributed by atoms with E-state index in [0.29, 0.717) is 0 Å². The minimum atomic E-state index is -1.27. The topological polar surface area (TPSA) is 69.2 Å². The molecule has 0 spiro atoms. The molecule has 0 aliphatic heterocycles. The number of thioether (sulfide) groups is 1. The Kier molecular flexibility index (Phi) is 6.23. The number of carbonyl (C=O) groups is 2. The molecule has 0 heterocycles. The Hall–Kier alpha value is -2.27. The Morgan fingerprint density at radius 2 is 1.48 bits per heavy atom. The van der Waals surface area contributed by atoms with Gasteiger partial charge >= 0.3 is 0 Å². The maximum Gasteiger partial charge on any atom is 0.217 e. The molecule has 0 fully saturated rings. The first-order valence-electron chi connectivity index (χ1n) is 7.27. The summed E-state index contributed by atoms with van der Waals surface area (Å²) in [4.78, 5) is 22.3. The molecule has 4 nitrogen and oxygen atoms in total. The number of hydrogen-bond acceptors (Lipinski definition) is 4. The fourth-order valence-electron chi connectivity index (χ4n) is 2.25. The monoisotopic (exact) mass is 328 g/mol. The first-order chi connectivity index (χ1) is 11.1. The molecule has 1 N–H and O–H groups in total. The molecule has 1 atom stereocenters. The van der Waals surface area contributed by atoms with Gasteiger partial charge in [0.15, 0.2) is 0 Å². The maximum atomic E-state index is 11.2. The van der Waals surface area contributed by atoms with Gasteiger partial charge in [-0.15, -0.1) is 11.8 Å². The second-order valence-corrected chi connectivity index (χ2v) is 6.24. The number of carboxylic acids is 1. The fourth-order valence-corrected chi connectivity index (χ4v) is 3.55. The zero-order valence-electron chi connectivity index (χ0n) is 12.8. The number of carboxylic acid groups (broad SMARTS) is 1. The smallest absolute Gasteiger partial charge is 0.217 e. The van der Waals surface area contributed by atoms with Crippen LogP contribution in [0.25, 0.3) is 0 Å². The third kappa shape index (κ3) is 5.14. The summed E-state index contributed by atoms with van der Waals surface area (Å²) in [5.74, 6) is -1.42. The Balaban J connectivity index is 2.18. The van der Waals surface area contributed by atoms with Crippen molar-refractivity contribution in [1.29, 1.82) is 0 Å². The summed E-state index contributed by atoms with van der Waals surface area (Å²) in [7, 11) is 0. The number of nitrogens with one attached hydrogen (secondary N) is 1. The Labute approximate surface area is 139 Å². The molecule has 2 rings (SSSR count). The van der Waals surface area contributed by atoms with Gasteiger partial charge in [-0.3, -0.25) is 4.79 Å². The van der Waals surface area contributed by atoms with Crippen LogP contribution in [0, 0.1) is 0 Å². The van der Waals surface area contributed by atoms with Crippen LogP contribution >= 0.6 is 11.8 Å². The Bertz CT molecular complexity index is 606. The molecule has 0 radical (unpaired) electrons. The largest absolute Gasteiger partial charge is 0.548 e. The van der Waals surface area contributed by atoms with E-state index >= 15 is 0 Å². The third-order valence-electron chi connectivity index (χ3n) is 3.30. The van der Waals surface area contributed by atoms with Crippen LogP contribution in [0.15, 0.2) is 60.7 Å². The lowest BCUT2D eigenvalue weighted by atomic mass is 10.0. The molecule has 0 saturated carbocycles. The van der Waals surface area contributed by atoms with Crippen LogP contribution < -0.4 is 10.4 Å². The number of hydrogen-bond donors (Lipinski definition) is 1. The van der Waals surface area contributed by atoms with Crippen LogP contribution in [0.1, 0.15) is 23.3 Å². The highest BCUT2D eigenvalue weighted by molar-refractivity contribution is 7.99. The van der Waals surface area contributed by atoms with E-state index in [1.807, 2.05) is 60.7 Å². The van der Waals surface area contributed by atoms with E-state index in [1.54, 1.807) is 0 Å². The molecule has 0 aliphatic rings. The number of amides is 1. The summed E-state index contributed by atoms with van der Waals surface area (Å²) in [6, 6.07) is 18.7. The first kappa shape index (κ1) is 17.1. The van der Waals surface area contributed by atoms with Crippen LogP contribution in [-0.2, 0) is 9.59 Å². The van der Waals surface area contributed by atoms with Gasteiger partial charge in [-0.2, -0.15) is 0 Å². The highest BCUT2D eigenvalue weighted by atomic mass is 32.2. The summed E-state index contributed by atoms with van der Waals surface area (Å²) in [5, 5.41) is 13.6. The van der Waals surface area contributed by atoms with Crippen molar-refractivity contribution in [2.45, 2.75) is 18.2 Å². The molecule has 5 heteroatoms. The van der Waals surface area contributed by atoms with Crippen LogP contribution in [0.2, 0.25) is 0 Å². The van der Waals surface area contributed by atoms with Crippen molar-refractivity contribution in [1.82, 2.24) is 5.32 Å². The molecule has 2 aromatic carbocycles. The maximum absolute atomic E-state index is 11.2. The van der Waals surface area contributed by atoms with E-state index in [2.05, 4.69) is 5.32 Å². The second kappa shape index (κ2) is 8.39. The molecule has 2 aromatic rings. The molecule has 23 heavy (non-hydrogen) atoms. The van der Waals surface area contributed by atoms with Crippen molar-refractivity contribution in [3.8, 4) is 0 Å². The van der Waals surface area contributed by atoms with Crippen molar-refractivity contribution >= 4 is 23.6 Å². The highest BCUT2D eigenvalue weighted by Gasteiger charge is 2.18. The molecule has 0 bridgehead atoms. The number of benzene rings is 2. The number of aliphatic carboxylic acids is 1. The standard InChI is InChI=1S/C18H19NO3S/c1-13(20)19-16(18(21)22)12-23-17(14-8-4-2-5-9-14)15-10-6-3-7-11-15/h2-11,16-17H,12H2,1H3,(H,19,20)(H,21,22)/p-1. The van der Waals surface area contributed by atoms with Gasteiger partial charge in [0, 0.05) is 12.7 Å². The van der Waals surface area contributed by atoms with Gasteiger partial charge < -0.3 is 15.2 Å². The van der Waals surface area contributed by atoms with Gasteiger partial charge in [0.1, 0.15) is 0 Å². The molecule has 0 saturated heterocycles. The molecule has 0 aliphatic carbocycles. The molecule has 1 amide bonds. The van der Waals surface area contributed by atoms with E-state index in [0.717, 1.165) is 11.1 Å². The van der Waals surface area contributed by atoms with E-state index < -0.39 is 12.0 Å². The normalized spacial score (nSPS) is 11.9. The van der Waals surface area contributed by atoms with Crippen LogP contribution in [0.5, 0.6) is 0 Å². The van der Waals surface area contributed by atoms with Crippen molar-refractivity contribution in [3.63, 3.8) is 0 Å². The summed E-state index contributed by atoms with van der Waals surface area (Å²) in [5.41, 5.74) is 2.17. The summed E-state index contributed by atoms with van der Waals surface area (Å²) >= 11 is 1.47. The van der Waals surface area contributed by atoms with Crippen LogP contribution in [0.3, 0.4) is 0 Å². The van der Waals surface area contributed by atoms with E-state index in [-0.39, 0.29) is 16.9 Å². The van der Waals surface area contributed by atoms with Gasteiger partial charge in [-0.25, -0.2) is 0 Å². The average molecular weight is 328 g/mol. The van der Waals surface area contributed by atoms with Crippen molar-refractivity contribution in [2.75, 3.05) is 5.75 Å². The lowest BCUT2D eigenvalue weighted by Gasteiger charge is -2.23. The number of rotatable bonds is 7. The zero-order valence-corrected chi connectivity index (χ0v) is 13.6. The van der Waals surface area contributed by atoms with E-state index in [4.69, 9.17) is 0 Å². The Morgan fingerprint density at radius 1 is 1.00 bits per heavy atom. The van der Waals surface area contributed by atoms with Gasteiger partial charge in [0.25, 0.3) is 0 Å². The number of carbonyl (C=O) groups excluding carboxylic acids is 2. The third-order valence-corrected chi connectivity index (χ3v) is 4.70. The van der Waals surface area contributed by atoms with Crippen molar-refractivity contribution in [2.24, 2.45) is 0 Å². The van der Waals surface area contributed by atoms with Crippen LogP contribution in [0.4, 0.5) is 0 Å². The Morgan fingerprint density at radius 3 is 1.87 bits per heavy atom.